The summed E-state index contributed by atoms with van der Waals surface area (Å²) in [5.74, 6) is -3.06. The maximum absolute atomic E-state index is 14.1. The number of ether oxygens (including phenoxy) is 2. The third-order valence-electron chi connectivity index (χ3n) is 10.2. The summed E-state index contributed by atoms with van der Waals surface area (Å²) < 4.78 is 11.8. The molecule has 4 amide bonds. The molecular weight excluding hydrogens is 630 g/mol. The van der Waals surface area contributed by atoms with Crippen LogP contribution in [-0.2, 0) is 33.4 Å². The molecule has 9 atom stereocenters. The number of carbonyl (C=O) groups excluding carboxylic acids is 4. The van der Waals surface area contributed by atoms with Crippen LogP contribution in [0.1, 0.15) is 87.5 Å². The molecule has 1 unspecified atom stereocenters. The number of carboxylic acids is 1. The van der Waals surface area contributed by atoms with Gasteiger partial charge in [-0.15, -0.1) is 0 Å². The van der Waals surface area contributed by atoms with Crippen LogP contribution in [0.25, 0.3) is 0 Å². The Morgan fingerprint density at radius 2 is 1.53 bits per heavy atom. The normalized spacial score (nSPS) is 19.9. The molecule has 1 saturated heterocycles. The lowest BCUT2D eigenvalue weighted by molar-refractivity contribution is -0.148. The largest absolute Gasteiger partial charge is 0.481 e. The number of carboxylic acid groups (broad SMARTS) is 1. The zero-order valence-corrected chi connectivity index (χ0v) is 32.4. The van der Waals surface area contributed by atoms with Gasteiger partial charge < -0.3 is 35.0 Å². The van der Waals surface area contributed by atoms with Crippen LogP contribution in [0.4, 0.5) is 0 Å². The molecule has 13 nitrogen and oxygen atoms in total. The number of likely N-dealkylation sites (N-methyl/N-ethyl adjacent to an activating group) is 2. The number of nitrogens with zero attached hydrogens (tertiary/aromatic N) is 3. The van der Waals surface area contributed by atoms with Crippen LogP contribution in [0.2, 0.25) is 0 Å². The Balaban J connectivity index is 3.20. The predicted octanol–water partition coefficient (Wildman–Crippen LogP) is 2.86. The molecule has 0 saturated carbocycles. The van der Waals surface area contributed by atoms with E-state index in [0.717, 1.165) is 12.8 Å². The van der Waals surface area contributed by atoms with E-state index in [9.17, 15) is 24.0 Å². The molecule has 0 aromatic rings. The van der Waals surface area contributed by atoms with Gasteiger partial charge in [-0.25, -0.2) is 0 Å². The number of likely N-dealkylation sites (tertiary alicyclic amines) is 1. The number of aliphatic carboxylic acids is 1. The number of amides is 4. The molecule has 13 heteroatoms. The maximum Gasteiger partial charge on any atom is 0.306 e. The predicted molar refractivity (Wildman–Crippen MR) is 190 cm³/mol. The van der Waals surface area contributed by atoms with Crippen molar-refractivity contribution >= 4 is 29.6 Å². The molecule has 49 heavy (non-hydrogen) atoms. The zero-order valence-electron chi connectivity index (χ0n) is 32.4. The van der Waals surface area contributed by atoms with Gasteiger partial charge in [0.2, 0.25) is 23.6 Å². The van der Waals surface area contributed by atoms with Crippen molar-refractivity contribution in [1.29, 1.82) is 0 Å². The van der Waals surface area contributed by atoms with Gasteiger partial charge >= 0.3 is 5.97 Å². The number of hydrogen-bond acceptors (Lipinski definition) is 8. The smallest absolute Gasteiger partial charge is 0.306 e. The number of methoxy groups -OCH3 is 2. The van der Waals surface area contributed by atoms with E-state index in [-0.39, 0.29) is 60.4 Å². The Morgan fingerprint density at radius 1 is 0.918 bits per heavy atom. The lowest BCUT2D eigenvalue weighted by Gasteiger charge is -2.41. The minimum absolute atomic E-state index is 0.0194. The third-order valence-corrected chi connectivity index (χ3v) is 10.2. The highest BCUT2D eigenvalue weighted by molar-refractivity contribution is 5.90. The van der Waals surface area contributed by atoms with E-state index in [1.807, 2.05) is 60.5 Å². The van der Waals surface area contributed by atoms with Crippen LogP contribution in [0, 0.1) is 29.6 Å². The number of rotatable bonds is 21. The second-order valence-corrected chi connectivity index (χ2v) is 14.8. The van der Waals surface area contributed by atoms with Gasteiger partial charge in [-0.05, 0) is 51.1 Å². The zero-order chi connectivity index (χ0) is 37.7. The van der Waals surface area contributed by atoms with Gasteiger partial charge in [-0.3, -0.25) is 28.9 Å². The summed E-state index contributed by atoms with van der Waals surface area (Å²) >= 11 is 0. The molecule has 1 aliphatic heterocycles. The average Bonchev–Trinajstić information content (AvgIpc) is 3.51. The SMILES string of the molecule is CC[C@H](C)[C@@H]([C@@H](CC(=O)N1CCC[C@H]1[C@H](OC)[C@@H](C)C(=O)NCC[C@H](C)C(=O)O)OC)N(C)C(=O)[C@@H](NC(=O)C(C(C)C)N(C)C)C(C)C. The number of hydrogen-bond donors (Lipinski definition) is 3. The lowest BCUT2D eigenvalue weighted by Crippen LogP contribution is -2.59. The quantitative estimate of drug-likeness (QED) is 0.164. The molecule has 0 aromatic heterocycles. The highest BCUT2D eigenvalue weighted by atomic mass is 16.5. The first kappa shape index (κ1) is 44.3. The Kier molecular flexibility index (Phi) is 18.8. The van der Waals surface area contributed by atoms with E-state index in [1.165, 1.54) is 7.11 Å². The summed E-state index contributed by atoms with van der Waals surface area (Å²) in [7, 11) is 8.50. The minimum atomic E-state index is -0.913. The first-order valence-corrected chi connectivity index (χ1v) is 17.9. The van der Waals surface area contributed by atoms with Gasteiger partial charge in [-0.2, -0.15) is 0 Å². The van der Waals surface area contributed by atoms with E-state index >= 15 is 0 Å². The molecule has 0 spiro atoms. The minimum Gasteiger partial charge on any atom is -0.481 e. The molecule has 1 aliphatic rings. The Morgan fingerprint density at radius 3 is 2.00 bits per heavy atom. The summed E-state index contributed by atoms with van der Waals surface area (Å²) in [6.45, 7) is 15.9. The Labute approximate surface area is 295 Å². The summed E-state index contributed by atoms with van der Waals surface area (Å²) in [6.07, 6.45) is 1.31. The van der Waals surface area contributed by atoms with Crippen LogP contribution in [0.3, 0.4) is 0 Å². The van der Waals surface area contributed by atoms with Gasteiger partial charge in [0.05, 0.1) is 48.6 Å². The fourth-order valence-corrected chi connectivity index (χ4v) is 7.11. The molecule has 284 valence electrons. The second kappa shape index (κ2) is 20.8. The molecular formula is C36H67N5O8. The van der Waals surface area contributed by atoms with Crippen LogP contribution in [0.5, 0.6) is 0 Å². The molecule has 1 fully saturated rings. The number of nitrogens with one attached hydrogen (secondary N) is 2. The van der Waals surface area contributed by atoms with Crippen molar-refractivity contribution in [2.45, 2.75) is 124 Å². The van der Waals surface area contributed by atoms with E-state index in [4.69, 9.17) is 14.6 Å². The fourth-order valence-electron chi connectivity index (χ4n) is 7.11. The Hall–Kier alpha value is -2.77. The second-order valence-electron chi connectivity index (χ2n) is 14.8. The van der Waals surface area contributed by atoms with Gasteiger partial charge in [0.1, 0.15) is 6.04 Å². The van der Waals surface area contributed by atoms with Gasteiger partial charge in [-0.1, -0.05) is 61.8 Å². The Bertz CT molecular complexity index is 1080. The van der Waals surface area contributed by atoms with Gasteiger partial charge in [0.15, 0.2) is 0 Å². The summed E-state index contributed by atoms with van der Waals surface area (Å²) in [6, 6.07) is -1.94. The van der Waals surface area contributed by atoms with Crippen molar-refractivity contribution in [3.05, 3.63) is 0 Å². The third kappa shape index (κ3) is 12.2. The van der Waals surface area contributed by atoms with Crippen molar-refractivity contribution in [3.63, 3.8) is 0 Å². The van der Waals surface area contributed by atoms with Gasteiger partial charge in [0.25, 0.3) is 0 Å². The van der Waals surface area contributed by atoms with Crippen molar-refractivity contribution < 1.29 is 38.6 Å². The average molecular weight is 698 g/mol. The van der Waals surface area contributed by atoms with E-state index in [1.54, 1.807) is 37.8 Å². The maximum atomic E-state index is 14.1. The highest BCUT2D eigenvalue weighted by Crippen LogP contribution is 2.29. The van der Waals surface area contributed by atoms with Crippen molar-refractivity contribution in [3.8, 4) is 0 Å². The van der Waals surface area contributed by atoms with Crippen LogP contribution in [-0.4, -0.2) is 134 Å². The molecule has 1 rings (SSSR count). The van der Waals surface area contributed by atoms with Crippen LogP contribution in [0.15, 0.2) is 0 Å². The summed E-state index contributed by atoms with van der Waals surface area (Å²) in [4.78, 5) is 71.0. The molecule has 1 heterocycles. The van der Waals surface area contributed by atoms with Crippen molar-refractivity contribution in [1.82, 2.24) is 25.3 Å². The summed E-state index contributed by atoms with van der Waals surface area (Å²) in [5.41, 5.74) is 0. The van der Waals surface area contributed by atoms with Crippen molar-refractivity contribution in [2.24, 2.45) is 29.6 Å². The van der Waals surface area contributed by atoms with E-state index < -0.39 is 48.1 Å². The summed E-state index contributed by atoms with van der Waals surface area (Å²) in [5, 5.41) is 15.0. The molecule has 0 radical (unpaired) electrons. The fraction of sp³-hybridized carbons (Fsp3) is 0.861. The van der Waals surface area contributed by atoms with Gasteiger partial charge in [0, 0.05) is 34.4 Å². The molecule has 0 aliphatic carbocycles. The standard InChI is InChI=1S/C36H67N5O8/c1-14-23(6)31(40(11)35(45)29(21(2)3)38-34(44)30(22(4)5)39(9)10)27(48-12)20-28(42)41-19-15-16-26(41)32(49-13)25(8)33(43)37-18-17-24(7)36(46)47/h21-27,29-32H,14-20H2,1-13H3,(H,37,43)(H,38,44)(H,46,47)/t23-,24-,25+,26-,27+,29-,30?,31-,32+/m0/s1. The highest BCUT2D eigenvalue weighted by Gasteiger charge is 2.43. The van der Waals surface area contributed by atoms with Crippen LogP contribution >= 0.6 is 0 Å². The first-order valence-electron chi connectivity index (χ1n) is 17.9. The first-order chi connectivity index (χ1) is 22.8. The van der Waals surface area contributed by atoms with E-state index in [2.05, 4.69) is 10.6 Å². The molecule has 0 aromatic carbocycles. The van der Waals surface area contributed by atoms with E-state index in [0.29, 0.717) is 19.4 Å². The monoisotopic (exact) mass is 697 g/mol. The van der Waals surface area contributed by atoms with Crippen molar-refractivity contribution in [2.75, 3.05) is 48.5 Å². The molecule has 0 bridgehead atoms. The molecule has 3 N–H and O–H groups in total. The topological polar surface area (TPSA) is 158 Å². The lowest BCUT2D eigenvalue weighted by atomic mass is 9.89. The van der Waals surface area contributed by atoms with Crippen LogP contribution < -0.4 is 10.6 Å². The number of carbonyl (C=O) groups is 5.